The van der Waals surface area contributed by atoms with Crippen LogP contribution in [-0.4, -0.2) is 91.9 Å². The number of hydrogen-bond acceptors (Lipinski definition) is 7. The number of aryl methyl sites for hydroxylation is 2. The Bertz CT molecular complexity index is 1200. The average Bonchev–Trinajstić information content (AvgIpc) is 3.27. The van der Waals surface area contributed by atoms with E-state index in [2.05, 4.69) is 20.0 Å². The maximum Gasteiger partial charge on any atom is 0.254 e. The first-order valence-electron chi connectivity index (χ1n) is 12.1. The van der Waals surface area contributed by atoms with Crippen molar-refractivity contribution in [2.45, 2.75) is 38.6 Å². The van der Waals surface area contributed by atoms with Gasteiger partial charge in [0.25, 0.3) is 11.7 Å². The van der Waals surface area contributed by atoms with Gasteiger partial charge in [0.15, 0.2) is 0 Å². The highest BCUT2D eigenvalue weighted by molar-refractivity contribution is 7.98. The molecule has 0 unspecified atom stereocenters. The number of nitrogens with zero attached hydrogens (tertiary/aromatic N) is 7. The molecule has 1 fully saturated rings. The van der Waals surface area contributed by atoms with Crippen LogP contribution in [0.2, 0.25) is 0 Å². The van der Waals surface area contributed by atoms with Gasteiger partial charge in [-0.05, 0) is 45.4 Å². The first-order chi connectivity index (χ1) is 16.9. The minimum Gasteiger partial charge on any atom is -0.342 e. The summed E-state index contributed by atoms with van der Waals surface area (Å²) in [5.41, 5.74) is 3.57. The van der Waals surface area contributed by atoms with E-state index >= 15 is 0 Å². The second-order valence-corrected chi connectivity index (χ2v) is 9.67. The van der Waals surface area contributed by atoms with Crippen molar-refractivity contribution in [2.24, 2.45) is 0 Å². The first kappa shape index (κ1) is 25.1. The lowest BCUT2D eigenvalue weighted by atomic mass is 10.1. The standard InChI is InChI=1S/C25H33N7O2S/c1-5-30(6-2)22(33)16-29-11-13-31(14-12-29)23(34)21-10-8-7-9-20(21)17-35-25-27-24-26-18(3)15-19(4)32(24)28-25/h7-10,15H,5-6,11-14,16-17H2,1-4H3. The van der Waals surface area contributed by atoms with Gasteiger partial charge in [0.1, 0.15) is 0 Å². The number of piperazine rings is 1. The fraction of sp³-hybridized carbons (Fsp3) is 0.480. The lowest BCUT2D eigenvalue weighted by molar-refractivity contribution is -0.132. The molecule has 35 heavy (non-hydrogen) atoms. The van der Waals surface area contributed by atoms with E-state index in [9.17, 15) is 9.59 Å². The lowest BCUT2D eigenvalue weighted by Gasteiger charge is -2.35. The molecular weight excluding hydrogens is 462 g/mol. The summed E-state index contributed by atoms with van der Waals surface area (Å²) in [4.78, 5) is 40.7. The van der Waals surface area contributed by atoms with Gasteiger partial charge in [-0.2, -0.15) is 4.98 Å². The van der Waals surface area contributed by atoms with Crippen molar-refractivity contribution in [2.75, 3.05) is 45.8 Å². The van der Waals surface area contributed by atoms with Gasteiger partial charge in [-0.15, -0.1) is 5.10 Å². The van der Waals surface area contributed by atoms with E-state index in [0.29, 0.717) is 55.0 Å². The highest BCUT2D eigenvalue weighted by atomic mass is 32.2. The normalized spacial score (nSPS) is 14.5. The zero-order chi connectivity index (χ0) is 24.9. The van der Waals surface area contributed by atoms with Gasteiger partial charge in [-0.25, -0.2) is 9.50 Å². The van der Waals surface area contributed by atoms with Gasteiger partial charge in [0, 0.05) is 62.0 Å². The van der Waals surface area contributed by atoms with Crippen LogP contribution in [0.4, 0.5) is 0 Å². The number of rotatable bonds is 8. The van der Waals surface area contributed by atoms with Gasteiger partial charge >= 0.3 is 0 Å². The number of carbonyl (C=O) groups excluding carboxylic acids is 2. The van der Waals surface area contributed by atoms with Gasteiger partial charge in [-0.1, -0.05) is 30.0 Å². The molecule has 0 bridgehead atoms. The van der Waals surface area contributed by atoms with Crippen LogP contribution in [0.25, 0.3) is 5.78 Å². The van der Waals surface area contributed by atoms with Crippen molar-refractivity contribution >= 4 is 29.4 Å². The highest BCUT2D eigenvalue weighted by Gasteiger charge is 2.25. The Hall–Kier alpha value is -2.98. The monoisotopic (exact) mass is 495 g/mol. The topological polar surface area (TPSA) is 86.9 Å². The van der Waals surface area contributed by atoms with E-state index in [4.69, 9.17) is 0 Å². The van der Waals surface area contributed by atoms with Crippen molar-refractivity contribution in [1.82, 2.24) is 34.3 Å². The first-order valence-corrected chi connectivity index (χ1v) is 13.1. The minimum absolute atomic E-state index is 0.0343. The van der Waals surface area contributed by atoms with Crippen molar-refractivity contribution in [3.05, 3.63) is 52.8 Å². The van der Waals surface area contributed by atoms with Gasteiger partial charge in [0.05, 0.1) is 6.54 Å². The Kier molecular flexibility index (Phi) is 8.02. The number of fused-ring (bicyclic) bond motifs is 1. The molecule has 1 aromatic carbocycles. The van der Waals surface area contributed by atoms with E-state index in [0.717, 1.165) is 30.0 Å². The second kappa shape index (κ2) is 11.2. The number of hydrogen-bond donors (Lipinski definition) is 0. The number of carbonyl (C=O) groups is 2. The van der Waals surface area contributed by atoms with Crippen molar-refractivity contribution in [3.8, 4) is 0 Å². The van der Waals surface area contributed by atoms with Crippen molar-refractivity contribution in [1.29, 1.82) is 0 Å². The van der Waals surface area contributed by atoms with Gasteiger partial charge in [-0.3, -0.25) is 14.5 Å². The smallest absolute Gasteiger partial charge is 0.254 e. The summed E-state index contributed by atoms with van der Waals surface area (Å²) in [6.07, 6.45) is 0. The highest BCUT2D eigenvalue weighted by Crippen LogP contribution is 2.24. The van der Waals surface area contributed by atoms with Crippen LogP contribution in [-0.2, 0) is 10.5 Å². The molecule has 0 spiro atoms. The van der Waals surface area contributed by atoms with E-state index in [1.54, 1.807) is 4.52 Å². The van der Waals surface area contributed by atoms with Crippen LogP contribution >= 0.6 is 11.8 Å². The van der Waals surface area contributed by atoms with Crippen LogP contribution in [0.1, 0.15) is 41.2 Å². The van der Waals surface area contributed by atoms with Gasteiger partial charge in [0.2, 0.25) is 11.1 Å². The molecule has 2 amide bonds. The second-order valence-electron chi connectivity index (χ2n) is 8.73. The quantitative estimate of drug-likeness (QED) is 0.444. The number of likely N-dealkylation sites (N-methyl/N-ethyl adjacent to an activating group) is 1. The molecule has 0 N–H and O–H groups in total. The maximum atomic E-state index is 13.4. The Morgan fingerprint density at radius 2 is 1.74 bits per heavy atom. The largest absolute Gasteiger partial charge is 0.342 e. The van der Waals surface area contributed by atoms with Crippen molar-refractivity contribution < 1.29 is 9.59 Å². The molecule has 4 rings (SSSR count). The zero-order valence-corrected chi connectivity index (χ0v) is 21.7. The summed E-state index contributed by atoms with van der Waals surface area (Å²) >= 11 is 1.50. The molecule has 9 nitrogen and oxygen atoms in total. The van der Waals surface area contributed by atoms with Gasteiger partial charge < -0.3 is 9.80 Å². The van der Waals surface area contributed by atoms with E-state index in [1.165, 1.54) is 11.8 Å². The third-order valence-electron chi connectivity index (χ3n) is 6.34. The molecule has 10 heteroatoms. The third-order valence-corrected chi connectivity index (χ3v) is 7.22. The van der Waals surface area contributed by atoms with E-state index in [1.807, 2.05) is 67.8 Å². The number of amides is 2. The fourth-order valence-electron chi connectivity index (χ4n) is 4.35. The molecule has 186 valence electrons. The number of aromatic nitrogens is 4. The Balaban J connectivity index is 1.38. The summed E-state index contributed by atoms with van der Waals surface area (Å²) in [6, 6.07) is 9.71. The van der Waals surface area contributed by atoms with Crippen LogP contribution in [0.15, 0.2) is 35.5 Å². The Labute approximate surface area is 210 Å². The minimum atomic E-state index is 0.0343. The molecule has 1 aliphatic heterocycles. The molecule has 0 aliphatic carbocycles. The van der Waals surface area contributed by atoms with Crippen LogP contribution in [0.3, 0.4) is 0 Å². The molecule has 3 heterocycles. The molecule has 0 atom stereocenters. The number of thioether (sulfide) groups is 1. The summed E-state index contributed by atoms with van der Waals surface area (Å²) in [7, 11) is 0. The lowest BCUT2D eigenvalue weighted by Crippen LogP contribution is -2.51. The predicted octanol–water partition coefficient (Wildman–Crippen LogP) is 2.66. The van der Waals surface area contributed by atoms with E-state index in [-0.39, 0.29) is 11.8 Å². The predicted molar refractivity (Wildman–Crippen MR) is 137 cm³/mol. The summed E-state index contributed by atoms with van der Waals surface area (Å²) in [5, 5.41) is 5.20. The van der Waals surface area contributed by atoms with E-state index < -0.39 is 0 Å². The SMILES string of the molecule is CCN(CC)C(=O)CN1CCN(C(=O)c2ccccc2CSc2nc3nc(C)cc(C)n3n2)CC1. The molecule has 3 aromatic rings. The van der Waals surface area contributed by atoms with Crippen LogP contribution in [0.5, 0.6) is 0 Å². The summed E-state index contributed by atoms with van der Waals surface area (Å²) < 4.78 is 1.75. The molecule has 1 aliphatic rings. The molecular formula is C25H33N7O2S. The zero-order valence-electron chi connectivity index (χ0n) is 20.9. The van der Waals surface area contributed by atoms with Crippen molar-refractivity contribution in [3.63, 3.8) is 0 Å². The molecule has 0 radical (unpaired) electrons. The maximum absolute atomic E-state index is 13.4. The van der Waals surface area contributed by atoms with Crippen LogP contribution < -0.4 is 0 Å². The number of benzene rings is 1. The fourth-order valence-corrected chi connectivity index (χ4v) is 5.18. The average molecular weight is 496 g/mol. The van der Waals surface area contributed by atoms with Crippen LogP contribution in [0, 0.1) is 13.8 Å². The molecule has 2 aromatic heterocycles. The Morgan fingerprint density at radius 3 is 2.46 bits per heavy atom. The molecule has 1 saturated heterocycles. The third kappa shape index (κ3) is 5.82. The Morgan fingerprint density at radius 1 is 1.03 bits per heavy atom. The summed E-state index contributed by atoms with van der Waals surface area (Å²) in [5.74, 6) is 1.37. The molecule has 0 saturated carbocycles. The summed E-state index contributed by atoms with van der Waals surface area (Å²) in [6.45, 7) is 12.4.